The van der Waals surface area contributed by atoms with Gasteiger partial charge in [0.15, 0.2) is 0 Å². The highest BCUT2D eigenvalue weighted by Gasteiger charge is 2.26. The van der Waals surface area contributed by atoms with E-state index in [4.69, 9.17) is 17.3 Å². The van der Waals surface area contributed by atoms with Crippen LogP contribution in [0.5, 0.6) is 0 Å². The standard InChI is InChI=1S/C13H15ClN4O2/c1-3-11(9-5-4-6-10(14)7-9)17-13(15)12(18(19)20)8(2)16-17/h4-7,11H,3,15H2,1-2H3. The highest BCUT2D eigenvalue weighted by molar-refractivity contribution is 6.30. The molecule has 1 atom stereocenters. The van der Waals surface area contributed by atoms with Crippen LogP contribution in [0.25, 0.3) is 0 Å². The Hall–Kier alpha value is -2.08. The van der Waals surface area contributed by atoms with Crippen LogP contribution in [-0.2, 0) is 0 Å². The van der Waals surface area contributed by atoms with Gasteiger partial charge in [0.1, 0.15) is 5.69 Å². The van der Waals surface area contributed by atoms with Crippen molar-refractivity contribution < 1.29 is 4.92 Å². The molecule has 0 aliphatic rings. The van der Waals surface area contributed by atoms with Gasteiger partial charge in [0.2, 0.25) is 5.82 Å². The summed E-state index contributed by atoms with van der Waals surface area (Å²) in [5.41, 5.74) is 6.98. The van der Waals surface area contributed by atoms with Crippen LogP contribution in [0.2, 0.25) is 5.02 Å². The summed E-state index contributed by atoms with van der Waals surface area (Å²) in [6, 6.07) is 7.15. The Morgan fingerprint density at radius 3 is 2.75 bits per heavy atom. The molecule has 1 aromatic heterocycles. The molecule has 0 aliphatic heterocycles. The number of aryl methyl sites for hydroxylation is 1. The van der Waals surface area contributed by atoms with E-state index in [2.05, 4.69) is 5.10 Å². The summed E-state index contributed by atoms with van der Waals surface area (Å²) in [4.78, 5) is 10.5. The van der Waals surface area contributed by atoms with Crippen LogP contribution >= 0.6 is 11.6 Å². The van der Waals surface area contributed by atoms with Crippen LogP contribution in [-0.4, -0.2) is 14.7 Å². The molecule has 20 heavy (non-hydrogen) atoms. The number of aromatic nitrogens is 2. The third kappa shape index (κ3) is 2.46. The van der Waals surface area contributed by atoms with E-state index in [0.717, 1.165) is 5.56 Å². The van der Waals surface area contributed by atoms with Crippen molar-refractivity contribution in [3.8, 4) is 0 Å². The fraction of sp³-hybridized carbons (Fsp3) is 0.308. The second kappa shape index (κ2) is 5.50. The number of nitro groups is 1. The van der Waals surface area contributed by atoms with Gasteiger partial charge >= 0.3 is 5.69 Å². The third-order valence-electron chi connectivity index (χ3n) is 3.19. The van der Waals surface area contributed by atoms with E-state index in [9.17, 15) is 10.1 Å². The summed E-state index contributed by atoms with van der Waals surface area (Å²) >= 11 is 5.99. The maximum atomic E-state index is 11.0. The molecule has 0 saturated heterocycles. The van der Waals surface area contributed by atoms with Crippen LogP contribution < -0.4 is 5.73 Å². The fourth-order valence-corrected chi connectivity index (χ4v) is 2.48. The van der Waals surface area contributed by atoms with Crippen LogP contribution in [0, 0.1) is 17.0 Å². The summed E-state index contributed by atoms with van der Waals surface area (Å²) < 4.78 is 1.50. The van der Waals surface area contributed by atoms with E-state index in [0.29, 0.717) is 17.1 Å². The third-order valence-corrected chi connectivity index (χ3v) is 3.42. The van der Waals surface area contributed by atoms with Gasteiger partial charge in [0.25, 0.3) is 0 Å². The molecule has 0 radical (unpaired) electrons. The van der Waals surface area contributed by atoms with Crippen molar-refractivity contribution in [3.63, 3.8) is 0 Å². The minimum atomic E-state index is -0.501. The van der Waals surface area contributed by atoms with E-state index in [1.807, 2.05) is 25.1 Å². The maximum absolute atomic E-state index is 11.0. The molecule has 2 rings (SSSR count). The van der Waals surface area contributed by atoms with Crippen LogP contribution in [0.15, 0.2) is 24.3 Å². The molecular weight excluding hydrogens is 280 g/mol. The van der Waals surface area contributed by atoms with Crippen molar-refractivity contribution in [2.75, 3.05) is 5.73 Å². The maximum Gasteiger partial charge on any atom is 0.333 e. The monoisotopic (exact) mass is 294 g/mol. The van der Waals surface area contributed by atoms with Crippen molar-refractivity contribution >= 4 is 23.1 Å². The van der Waals surface area contributed by atoms with Crippen LogP contribution in [0.4, 0.5) is 11.5 Å². The van der Waals surface area contributed by atoms with Gasteiger partial charge in [-0.1, -0.05) is 30.7 Å². The molecule has 0 amide bonds. The summed E-state index contributed by atoms with van der Waals surface area (Å²) in [5, 5.41) is 15.8. The van der Waals surface area contributed by atoms with E-state index in [1.165, 1.54) is 4.68 Å². The molecule has 106 valence electrons. The van der Waals surface area contributed by atoms with Gasteiger partial charge in [0.05, 0.1) is 11.0 Å². The Bertz CT molecular complexity index is 654. The largest absolute Gasteiger partial charge is 0.378 e. The topological polar surface area (TPSA) is 87.0 Å². The Morgan fingerprint density at radius 2 is 2.25 bits per heavy atom. The lowest BCUT2D eigenvalue weighted by molar-refractivity contribution is -0.384. The minimum absolute atomic E-state index is 0.0688. The number of nitrogens with two attached hydrogens (primary N) is 1. The van der Waals surface area contributed by atoms with Crippen molar-refractivity contribution in [3.05, 3.63) is 50.7 Å². The molecule has 7 heteroatoms. The SMILES string of the molecule is CCC(c1cccc(Cl)c1)n1nc(C)c([N+](=O)[O-])c1N. The molecule has 0 spiro atoms. The Morgan fingerprint density at radius 1 is 1.55 bits per heavy atom. The predicted molar refractivity (Wildman–Crippen MR) is 77.9 cm³/mol. The van der Waals surface area contributed by atoms with Crippen LogP contribution in [0.3, 0.4) is 0 Å². The van der Waals surface area contributed by atoms with Crippen molar-refractivity contribution in [1.82, 2.24) is 9.78 Å². The molecule has 0 saturated carbocycles. The van der Waals surface area contributed by atoms with Gasteiger partial charge in [-0.15, -0.1) is 0 Å². The predicted octanol–water partition coefficient (Wildman–Crippen LogP) is 3.33. The molecule has 6 nitrogen and oxygen atoms in total. The Balaban J connectivity index is 2.53. The zero-order valence-corrected chi connectivity index (χ0v) is 12.0. The van der Waals surface area contributed by atoms with Crippen molar-refractivity contribution in [2.45, 2.75) is 26.3 Å². The first-order valence-electron chi connectivity index (χ1n) is 6.20. The lowest BCUT2D eigenvalue weighted by Gasteiger charge is -2.17. The highest BCUT2D eigenvalue weighted by Crippen LogP contribution is 2.32. The number of rotatable bonds is 4. The van der Waals surface area contributed by atoms with Gasteiger partial charge in [-0.2, -0.15) is 5.10 Å². The van der Waals surface area contributed by atoms with E-state index < -0.39 is 4.92 Å². The average molecular weight is 295 g/mol. The summed E-state index contributed by atoms with van der Waals surface area (Å²) in [6.45, 7) is 3.55. The molecule has 0 bridgehead atoms. The average Bonchev–Trinajstić information content (AvgIpc) is 2.66. The van der Waals surface area contributed by atoms with Crippen molar-refractivity contribution in [1.29, 1.82) is 0 Å². The summed E-state index contributed by atoms with van der Waals surface area (Å²) in [7, 11) is 0. The Kier molecular flexibility index (Phi) is 3.94. The lowest BCUT2D eigenvalue weighted by atomic mass is 10.1. The van der Waals surface area contributed by atoms with Crippen LogP contribution in [0.1, 0.15) is 30.6 Å². The lowest BCUT2D eigenvalue weighted by Crippen LogP contribution is -2.14. The smallest absolute Gasteiger partial charge is 0.333 e. The Labute approximate surface area is 121 Å². The minimum Gasteiger partial charge on any atom is -0.378 e. The zero-order valence-electron chi connectivity index (χ0n) is 11.2. The molecular formula is C13H15ClN4O2. The van der Waals surface area contributed by atoms with Gasteiger partial charge in [-0.3, -0.25) is 10.1 Å². The molecule has 2 N–H and O–H groups in total. The first-order valence-corrected chi connectivity index (χ1v) is 6.58. The second-order valence-corrected chi connectivity index (χ2v) is 4.94. The number of nitrogens with zero attached hydrogens (tertiary/aromatic N) is 3. The summed E-state index contributed by atoms with van der Waals surface area (Å²) in [5.74, 6) is 0.0688. The first kappa shape index (κ1) is 14.3. The fourth-order valence-electron chi connectivity index (χ4n) is 2.28. The molecule has 0 aliphatic carbocycles. The van der Waals surface area contributed by atoms with E-state index >= 15 is 0 Å². The van der Waals surface area contributed by atoms with Gasteiger partial charge < -0.3 is 5.73 Å². The normalized spacial score (nSPS) is 12.3. The van der Waals surface area contributed by atoms with E-state index in [1.54, 1.807) is 13.0 Å². The van der Waals surface area contributed by atoms with Gasteiger partial charge in [0, 0.05) is 5.02 Å². The molecule has 1 heterocycles. The van der Waals surface area contributed by atoms with Gasteiger partial charge in [-0.05, 0) is 31.0 Å². The molecule has 1 aromatic carbocycles. The number of hydrogen-bond donors (Lipinski definition) is 1. The first-order chi connectivity index (χ1) is 9.45. The van der Waals surface area contributed by atoms with Gasteiger partial charge in [-0.25, -0.2) is 4.68 Å². The molecule has 2 aromatic rings. The molecule has 0 fully saturated rings. The number of anilines is 1. The van der Waals surface area contributed by atoms with E-state index in [-0.39, 0.29) is 17.5 Å². The number of nitrogen functional groups attached to an aromatic ring is 1. The number of benzene rings is 1. The summed E-state index contributed by atoms with van der Waals surface area (Å²) in [6.07, 6.45) is 0.697. The number of hydrogen-bond acceptors (Lipinski definition) is 4. The van der Waals surface area contributed by atoms with Crippen molar-refractivity contribution in [2.24, 2.45) is 0 Å². The quantitative estimate of drug-likeness (QED) is 0.692. The zero-order chi connectivity index (χ0) is 14.9. The second-order valence-electron chi connectivity index (χ2n) is 4.50. The molecule has 1 unspecified atom stereocenters. The number of halogens is 1. The highest BCUT2D eigenvalue weighted by atomic mass is 35.5.